The quantitative estimate of drug-likeness (QED) is 0.722. The minimum Gasteiger partial charge on any atom is -0.368 e. The normalized spacial score (nSPS) is 12.8. The lowest BCUT2D eigenvalue weighted by atomic mass is 10.0. The minimum atomic E-state index is -0.542. The molecule has 6 heteroatoms. The molecule has 0 saturated carbocycles. The van der Waals surface area contributed by atoms with Crippen molar-refractivity contribution in [2.75, 3.05) is 5.32 Å². The number of carbonyl (C=O) groups is 1. The van der Waals surface area contributed by atoms with Crippen molar-refractivity contribution >= 4 is 11.7 Å². The van der Waals surface area contributed by atoms with Crippen LogP contribution in [0.25, 0.3) is 0 Å². The fraction of sp³-hybridized carbons (Fsp3) is 0.583. The fourth-order valence-electron chi connectivity index (χ4n) is 1.55. The van der Waals surface area contributed by atoms with Gasteiger partial charge in [0.2, 0.25) is 5.91 Å². The molecule has 0 fully saturated rings. The van der Waals surface area contributed by atoms with Crippen molar-refractivity contribution in [1.29, 1.82) is 0 Å². The molecule has 0 saturated heterocycles. The second-order valence-electron chi connectivity index (χ2n) is 4.94. The third-order valence-corrected chi connectivity index (χ3v) is 2.58. The first-order valence-electron chi connectivity index (χ1n) is 5.98. The Kier molecular flexibility index (Phi) is 4.47. The van der Waals surface area contributed by atoms with E-state index in [1.165, 1.54) is 6.07 Å². The molecule has 1 heterocycles. The Hall–Kier alpha value is -1.85. The lowest BCUT2D eigenvalue weighted by Crippen LogP contribution is -2.40. The number of aromatic amines is 1. The van der Waals surface area contributed by atoms with Crippen LogP contribution in [0, 0.1) is 5.92 Å². The third-order valence-electron chi connectivity index (χ3n) is 2.58. The molecule has 18 heavy (non-hydrogen) atoms. The molecular weight excluding hydrogens is 232 g/mol. The summed E-state index contributed by atoms with van der Waals surface area (Å²) >= 11 is 0. The average Bonchev–Trinajstić information content (AvgIpc) is 2.24. The summed E-state index contributed by atoms with van der Waals surface area (Å²) in [6, 6.07) is 0.781. The number of nitrogens with one attached hydrogen (secondary N) is 2. The van der Waals surface area contributed by atoms with Crippen molar-refractivity contribution in [3.05, 3.63) is 22.2 Å². The van der Waals surface area contributed by atoms with Crippen LogP contribution in [-0.4, -0.2) is 21.9 Å². The zero-order valence-electron chi connectivity index (χ0n) is 11.2. The average molecular weight is 252 g/mol. The highest BCUT2D eigenvalue weighted by Gasteiger charge is 2.20. The van der Waals surface area contributed by atoms with E-state index in [4.69, 9.17) is 5.73 Å². The minimum absolute atomic E-state index is 0.0195. The number of hydrogen-bond donors (Lipinski definition) is 3. The summed E-state index contributed by atoms with van der Waals surface area (Å²) in [5, 5.41) is 2.91. The number of nitrogens with two attached hydrogens (primary N) is 1. The molecule has 0 aliphatic heterocycles. The van der Waals surface area contributed by atoms with E-state index in [0.717, 1.165) is 0 Å². The Morgan fingerprint density at radius 3 is 2.44 bits per heavy atom. The van der Waals surface area contributed by atoms with E-state index in [-0.39, 0.29) is 17.4 Å². The van der Waals surface area contributed by atoms with Crippen LogP contribution in [0.15, 0.2) is 10.9 Å². The lowest BCUT2D eigenvalue weighted by Gasteiger charge is -2.19. The van der Waals surface area contributed by atoms with E-state index >= 15 is 0 Å². The van der Waals surface area contributed by atoms with Crippen molar-refractivity contribution in [2.24, 2.45) is 11.7 Å². The number of amides is 1. The van der Waals surface area contributed by atoms with Crippen LogP contribution >= 0.6 is 0 Å². The number of hydrogen-bond acceptors (Lipinski definition) is 4. The van der Waals surface area contributed by atoms with Crippen molar-refractivity contribution in [2.45, 2.75) is 39.7 Å². The largest absolute Gasteiger partial charge is 0.368 e. The number of anilines is 1. The first-order chi connectivity index (χ1) is 8.31. The van der Waals surface area contributed by atoms with Crippen LogP contribution in [0.5, 0.6) is 0 Å². The van der Waals surface area contributed by atoms with Crippen LogP contribution in [0.2, 0.25) is 0 Å². The molecule has 0 bridgehead atoms. The molecule has 0 aliphatic carbocycles. The van der Waals surface area contributed by atoms with Gasteiger partial charge in [-0.25, -0.2) is 4.98 Å². The zero-order valence-corrected chi connectivity index (χ0v) is 11.2. The van der Waals surface area contributed by atoms with E-state index in [1.54, 1.807) is 0 Å². The molecule has 0 radical (unpaired) electrons. The Balaban J connectivity index is 3.03. The van der Waals surface area contributed by atoms with Gasteiger partial charge < -0.3 is 16.0 Å². The fourth-order valence-corrected chi connectivity index (χ4v) is 1.55. The molecule has 4 N–H and O–H groups in total. The van der Waals surface area contributed by atoms with E-state index in [1.807, 2.05) is 27.7 Å². The van der Waals surface area contributed by atoms with Crippen molar-refractivity contribution in [1.82, 2.24) is 9.97 Å². The van der Waals surface area contributed by atoms with Crippen LogP contribution in [-0.2, 0) is 4.79 Å². The van der Waals surface area contributed by atoms with Crippen LogP contribution in [0.1, 0.15) is 39.4 Å². The Bertz CT molecular complexity index is 479. The Morgan fingerprint density at radius 2 is 2.00 bits per heavy atom. The van der Waals surface area contributed by atoms with Gasteiger partial charge in [-0.15, -0.1) is 0 Å². The van der Waals surface area contributed by atoms with Crippen LogP contribution in [0.3, 0.4) is 0 Å². The van der Waals surface area contributed by atoms with Gasteiger partial charge in [0.05, 0.1) is 0 Å². The van der Waals surface area contributed by atoms with Crippen molar-refractivity contribution in [3.63, 3.8) is 0 Å². The van der Waals surface area contributed by atoms with E-state index in [2.05, 4.69) is 15.3 Å². The van der Waals surface area contributed by atoms with Crippen LogP contribution in [0.4, 0.5) is 5.82 Å². The van der Waals surface area contributed by atoms with Gasteiger partial charge in [-0.1, -0.05) is 27.7 Å². The number of aromatic nitrogens is 2. The molecular formula is C12H20N4O2. The molecule has 1 aromatic rings. The summed E-state index contributed by atoms with van der Waals surface area (Å²) in [7, 11) is 0. The van der Waals surface area contributed by atoms with E-state index in [0.29, 0.717) is 11.6 Å². The molecule has 6 nitrogen and oxygen atoms in total. The first-order valence-corrected chi connectivity index (χ1v) is 5.98. The number of nitrogens with zero attached hydrogens (tertiary/aromatic N) is 1. The number of primary amides is 1. The monoisotopic (exact) mass is 252 g/mol. The lowest BCUT2D eigenvalue weighted by molar-refractivity contribution is -0.119. The maximum absolute atomic E-state index is 11.5. The summed E-state index contributed by atoms with van der Waals surface area (Å²) < 4.78 is 0. The molecule has 100 valence electrons. The number of H-pyrrole nitrogens is 1. The number of carbonyl (C=O) groups excluding carboxylic acids is 1. The maximum Gasteiger partial charge on any atom is 0.252 e. The Labute approximate surface area is 106 Å². The highest BCUT2D eigenvalue weighted by molar-refractivity contribution is 5.82. The zero-order chi connectivity index (χ0) is 13.9. The molecule has 1 aromatic heterocycles. The smallest absolute Gasteiger partial charge is 0.252 e. The van der Waals surface area contributed by atoms with Crippen LogP contribution < -0.4 is 16.6 Å². The third kappa shape index (κ3) is 3.58. The topological polar surface area (TPSA) is 101 Å². The van der Waals surface area contributed by atoms with Gasteiger partial charge in [-0.2, -0.15) is 0 Å². The second kappa shape index (κ2) is 5.66. The van der Waals surface area contributed by atoms with Gasteiger partial charge >= 0.3 is 0 Å². The van der Waals surface area contributed by atoms with Crippen molar-refractivity contribution in [3.8, 4) is 0 Å². The first kappa shape index (κ1) is 14.2. The predicted molar refractivity (Wildman–Crippen MR) is 70.4 cm³/mol. The standard InChI is InChI=1S/C12H20N4O2/c1-6(2)10(11(13)18)14-8-5-9(17)16-12(15-8)7(3)4/h5-7,10H,1-4H3,(H2,13,18)(H2,14,15,16,17). The summed E-state index contributed by atoms with van der Waals surface area (Å²) in [6.07, 6.45) is 0. The Morgan fingerprint density at radius 1 is 1.39 bits per heavy atom. The molecule has 1 amide bonds. The highest BCUT2D eigenvalue weighted by Crippen LogP contribution is 2.12. The molecule has 1 unspecified atom stereocenters. The van der Waals surface area contributed by atoms with Gasteiger partial charge in [0, 0.05) is 12.0 Å². The summed E-state index contributed by atoms with van der Waals surface area (Å²) in [5.41, 5.74) is 5.06. The summed E-state index contributed by atoms with van der Waals surface area (Å²) in [5.74, 6) is 0.617. The predicted octanol–water partition coefficient (Wildman–Crippen LogP) is 0.815. The van der Waals surface area contributed by atoms with E-state index in [9.17, 15) is 9.59 Å². The highest BCUT2D eigenvalue weighted by atomic mass is 16.1. The van der Waals surface area contributed by atoms with Gasteiger partial charge in [-0.05, 0) is 5.92 Å². The van der Waals surface area contributed by atoms with Crippen molar-refractivity contribution < 1.29 is 4.79 Å². The SMILES string of the molecule is CC(C)c1nc(NC(C(N)=O)C(C)C)cc(=O)[nH]1. The van der Waals surface area contributed by atoms with Gasteiger partial charge in [-0.3, -0.25) is 9.59 Å². The molecule has 0 aromatic carbocycles. The molecule has 0 spiro atoms. The second-order valence-corrected chi connectivity index (χ2v) is 4.94. The summed E-state index contributed by atoms with van der Waals surface area (Å²) in [4.78, 5) is 29.7. The number of rotatable bonds is 5. The molecule has 0 aliphatic rings. The summed E-state index contributed by atoms with van der Waals surface area (Å²) in [6.45, 7) is 7.60. The maximum atomic E-state index is 11.5. The van der Waals surface area contributed by atoms with Gasteiger partial charge in [0.1, 0.15) is 17.7 Å². The molecule has 1 atom stereocenters. The van der Waals surface area contributed by atoms with Gasteiger partial charge in [0.25, 0.3) is 5.56 Å². The van der Waals surface area contributed by atoms with Gasteiger partial charge in [0.15, 0.2) is 0 Å². The molecule has 1 rings (SSSR count). The van der Waals surface area contributed by atoms with E-state index < -0.39 is 11.9 Å².